The number of nitrogens with one attached hydrogen (secondary N) is 1. The Morgan fingerprint density at radius 1 is 0.963 bits per heavy atom. The summed E-state index contributed by atoms with van der Waals surface area (Å²) < 4.78 is 46.1. The number of halogens is 4. The van der Waals surface area contributed by atoms with E-state index in [2.05, 4.69) is 5.32 Å². The fraction of sp³-hybridized carbons (Fsp3) is 0.0500. The molecule has 27 heavy (non-hydrogen) atoms. The van der Waals surface area contributed by atoms with Gasteiger partial charge < -0.3 is 10.1 Å². The molecule has 138 valence electrons. The number of benzene rings is 3. The molecule has 0 aromatic heterocycles. The van der Waals surface area contributed by atoms with Crippen LogP contribution in [0.1, 0.15) is 15.9 Å². The zero-order chi connectivity index (χ0) is 19.4. The zero-order valence-corrected chi connectivity index (χ0v) is 14.6. The molecule has 0 atom stereocenters. The molecule has 3 aromatic rings. The van der Waals surface area contributed by atoms with E-state index in [0.29, 0.717) is 0 Å². The molecule has 0 fully saturated rings. The molecule has 1 amide bonds. The van der Waals surface area contributed by atoms with Crippen molar-refractivity contribution in [2.45, 2.75) is 6.61 Å². The minimum absolute atomic E-state index is 0.0382. The van der Waals surface area contributed by atoms with Gasteiger partial charge in [-0.3, -0.25) is 4.79 Å². The Labute approximate surface area is 158 Å². The smallest absolute Gasteiger partial charge is 0.259 e. The molecule has 0 aliphatic rings. The Bertz CT molecular complexity index is 995. The van der Waals surface area contributed by atoms with Crippen molar-refractivity contribution in [1.82, 2.24) is 0 Å². The quantitative estimate of drug-likeness (QED) is 0.615. The topological polar surface area (TPSA) is 38.3 Å². The maximum Gasteiger partial charge on any atom is 0.259 e. The fourth-order valence-electron chi connectivity index (χ4n) is 2.35. The van der Waals surface area contributed by atoms with Gasteiger partial charge in [0.15, 0.2) is 0 Å². The van der Waals surface area contributed by atoms with Crippen LogP contribution in [-0.2, 0) is 6.61 Å². The van der Waals surface area contributed by atoms with E-state index >= 15 is 0 Å². The number of amides is 1. The lowest BCUT2D eigenvalue weighted by Gasteiger charge is -2.12. The molecule has 0 unspecified atom stereocenters. The first-order valence-electron chi connectivity index (χ1n) is 7.86. The van der Waals surface area contributed by atoms with Crippen LogP contribution in [0.15, 0.2) is 60.7 Å². The largest absolute Gasteiger partial charge is 0.488 e. The second-order valence-corrected chi connectivity index (χ2v) is 6.04. The highest BCUT2D eigenvalue weighted by Gasteiger charge is 2.15. The highest BCUT2D eigenvalue weighted by Crippen LogP contribution is 2.24. The highest BCUT2D eigenvalue weighted by molar-refractivity contribution is 6.30. The summed E-state index contributed by atoms with van der Waals surface area (Å²) in [6.45, 7) is -0.203. The third kappa shape index (κ3) is 4.60. The van der Waals surface area contributed by atoms with Crippen molar-refractivity contribution in [2.24, 2.45) is 0 Å². The molecule has 0 bridgehead atoms. The Balaban J connectivity index is 1.77. The zero-order valence-electron chi connectivity index (χ0n) is 13.8. The van der Waals surface area contributed by atoms with Gasteiger partial charge in [-0.25, -0.2) is 13.2 Å². The van der Waals surface area contributed by atoms with Crippen molar-refractivity contribution in [3.05, 3.63) is 94.3 Å². The number of carbonyl (C=O) groups excluding carboxylic acids is 1. The molecular formula is C20H13ClF3NO2. The van der Waals surface area contributed by atoms with Gasteiger partial charge in [-0.2, -0.15) is 0 Å². The second kappa shape index (κ2) is 8.14. The molecule has 0 saturated heterocycles. The summed E-state index contributed by atoms with van der Waals surface area (Å²) in [6.07, 6.45) is 0. The molecule has 3 rings (SSSR count). The van der Waals surface area contributed by atoms with Crippen LogP contribution in [0.4, 0.5) is 18.9 Å². The minimum Gasteiger partial charge on any atom is -0.488 e. The van der Waals surface area contributed by atoms with E-state index in [1.165, 1.54) is 30.3 Å². The number of rotatable bonds is 5. The minimum atomic E-state index is -0.750. The van der Waals surface area contributed by atoms with Gasteiger partial charge in [-0.1, -0.05) is 23.7 Å². The summed E-state index contributed by atoms with van der Waals surface area (Å²) in [6, 6.07) is 13.2. The normalized spacial score (nSPS) is 10.5. The summed E-state index contributed by atoms with van der Waals surface area (Å²) in [7, 11) is 0. The first-order valence-corrected chi connectivity index (χ1v) is 8.24. The fourth-order valence-corrected chi connectivity index (χ4v) is 2.51. The maximum atomic E-state index is 13.9. The first kappa shape index (κ1) is 18.8. The predicted molar refractivity (Wildman–Crippen MR) is 96.5 cm³/mol. The SMILES string of the molecule is O=C(Nc1ccc(Cl)cc1F)c1ccccc1OCc1ccc(F)cc1F. The summed E-state index contributed by atoms with van der Waals surface area (Å²) in [5.74, 6) is -2.55. The van der Waals surface area contributed by atoms with Crippen LogP contribution >= 0.6 is 11.6 Å². The van der Waals surface area contributed by atoms with Crippen molar-refractivity contribution in [1.29, 1.82) is 0 Å². The molecule has 3 aromatic carbocycles. The van der Waals surface area contributed by atoms with Gasteiger partial charge in [-0.05, 0) is 42.5 Å². The third-order valence-electron chi connectivity index (χ3n) is 3.71. The van der Waals surface area contributed by atoms with Crippen LogP contribution in [-0.4, -0.2) is 5.91 Å². The Kier molecular flexibility index (Phi) is 5.66. The Hall–Kier alpha value is -2.99. The highest BCUT2D eigenvalue weighted by atomic mass is 35.5. The monoisotopic (exact) mass is 391 g/mol. The molecule has 7 heteroatoms. The molecule has 0 aliphatic heterocycles. The van der Waals surface area contributed by atoms with E-state index in [1.807, 2.05) is 0 Å². The standard InChI is InChI=1S/C20H13ClF3NO2/c21-13-6-8-18(17(24)9-13)25-20(26)15-3-1-2-4-19(15)27-11-12-5-7-14(22)10-16(12)23/h1-10H,11H2,(H,25,26). The first-order chi connectivity index (χ1) is 12.9. The molecule has 0 radical (unpaired) electrons. The van der Waals surface area contributed by atoms with Gasteiger partial charge in [0.25, 0.3) is 5.91 Å². The molecule has 1 N–H and O–H groups in total. The number of carbonyl (C=O) groups is 1. The van der Waals surface area contributed by atoms with Crippen LogP contribution < -0.4 is 10.1 Å². The van der Waals surface area contributed by atoms with Gasteiger partial charge in [0.2, 0.25) is 0 Å². The average Bonchev–Trinajstić information content (AvgIpc) is 2.63. The van der Waals surface area contributed by atoms with Crippen molar-refractivity contribution in [3.63, 3.8) is 0 Å². The molecule has 3 nitrogen and oxygen atoms in total. The molecular weight excluding hydrogens is 379 g/mol. The van der Waals surface area contributed by atoms with Crippen molar-refractivity contribution >= 4 is 23.2 Å². The number of ether oxygens (including phenoxy) is 1. The Morgan fingerprint density at radius 2 is 1.74 bits per heavy atom. The lowest BCUT2D eigenvalue weighted by Crippen LogP contribution is -2.14. The van der Waals surface area contributed by atoms with Crippen LogP contribution in [0.25, 0.3) is 0 Å². The molecule has 0 aliphatic carbocycles. The van der Waals surface area contributed by atoms with E-state index < -0.39 is 23.4 Å². The summed E-state index contributed by atoms with van der Waals surface area (Å²) >= 11 is 5.69. The number of hydrogen-bond acceptors (Lipinski definition) is 2. The lowest BCUT2D eigenvalue weighted by atomic mass is 10.1. The predicted octanol–water partition coefficient (Wildman–Crippen LogP) is 5.59. The van der Waals surface area contributed by atoms with Crippen molar-refractivity contribution in [3.8, 4) is 5.75 Å². The number of hydrogen-bond donors (Lipinski definition) is 1. The maximum absolute atomic E-state index is 13.9. The molecule has 0 heterocycles. The van der Waals surface area contributed by atoms with E-state index in [4.69, 9.17) is 16.3 Å². The summed E-state index contributed by atoms with van der Waals surface area (Å²) in [5.41, 5.74) is 0.230. The molecule has 0 saturated carbocycles. The van der Waals surface area contributed by atoms with Crippen LogP contribution in [0.2, 0.25) is 5.02 Å². The van der Waals surface area contributed by atoms with Crippen LogP contribution in [0, 0.1) is 17.5 Å². The Morgan fingerprint density at radius 3 is 2.48 bits per heavy atom. The van der Waals surface area contributed by atoms with E-state index in [9.17, 15) is 18.0 Å². The number of anilines is 1. The van der Waals surface area contributed by atoms with Crippen LogP contribution in [0.5, 0.6) is 5.75 Å². The summed E-state index contributed by atoms with van der Waals surface area (Å²) in [4.78, 5) is 12.5. The third-order valence-corrected chi connectivity index (χ3v) is 3.94. The molecule has 0 spiro atoms. The summed E-state index contributed by atoms with van der Waals surface area (Å²) in [5, 5.41) is 2.64. The van der Waals surface area contributed by atoms with Gasteiger partial charge in [0.05, 0.1) is 11.3 Å². The van der Waals surface area contributed by atoms with Crippen molar-refractivity contribution < 1.29 is 22.7 Å². The van der Waals surface area contributed by atoms with Crippen molar-refractivity contribution in [2.75, 3.05) is 5.32 Å². The van der Waals surface area contributed by atoms with E-state index in [1.54, 1.807) is 12.1 Å². The van der Waals surface area contributed by atoms with Gasteiger partial charge in [-0.15, -0.1) is 0 Å². The average molecular weight is 392 g/mol. The van der Waals surface area contributed by atoms with Crippen LogP contribution in [0.3, 0.4) is 0 Å². The second-order valence-electron chi connectivity index (χ2n) is 5.60. The van der Waals surface area contributed by atoms with Gasteiger partial charge >= 0.3 is 0 Å². The number of para-hydroxylation sites is 1. The van der Waals surface area contributed by atoms with E-state index in [-0.39, 0.29) is 34.2 Å². The lowest BCUT2D eigenvalue weighted by molar-refractivity contribution is 0.102. The van der Waals surface area contributed by atoms with Gasteiger partial charge in [0, 0.05) is 16.7 Å². The van der Waals surface area contributed by atoms with E-state index in [0.717, 1.165) is 18.2 Å². The van der Waals surface area contributed by atoms with Gasteiger partial charge in [0.1, 0.15) is 29.8 Å².